The van der Waals surface area contributed by atoms with E-state index in [0.717, 1.165) is 0 Å². The number of urea groups is 1. The second kappa shape index (κ2) is 6.16. The fraction of sp³-hybridized carbons (Fsp3) is 0.364. The van der Waals surface area contributed by atoms with Crippen LogP contribution in [0.1, 0.15) is 17.3 Å². The maximum Gasteiger partial charge on any atom is 0.335 e. The maximum absolute atomic E-state index is 12.2. The summed E-state index contributed by atoms with van der Waals surface area (Å²) in [5.74, 6) is 0.210. The van der Waals surface area contributed by atoms with Crippen molar-refractivity contribution < 1.29 is 22.5 Å². The van der Waals surface area contributed by atoms with E-state index >= 15 is 0 Å². The minimum absolute atomic E-state index is 0.0126. The summed E-state index contributed by atoms with van der Waals surface area (Å²) in [5, 5.41) is 5.72. The fourth-order valence-electron chi connectivity index (χ4n) is 1.76. The summed E-state index contributed by atoms with van der Waals surface area (Å²) in [7, 11) is -2.80. The molecule has 2 aromatic rings. The monoisotopic (exact) mass is 342 g/mol. The third-order valence-electron chi connectivity index (χ3n) is 2.60. The number of anilines is 1. The number of hydrogen-bond donors (Lipinski definition) is 2. The van der Waals surface area contributed by atoms with Gasteiger partial charge in [0.15, 0.2) is 10.7 Å². The van der Waals surface area contributed by atoms with Crippen LogP contribution in [0.4, 0.5) is 10.7 Å². The fourth-order valence-corrected chi connectivity index (χ4v) is 3.00. The number of rotatable bonds is 4. The van der Waals surface area contributed by atoms with E-state index in [1.807, 2.05) is 4.72 Å². The second-order valence-electron chi connectivity index (χ2n) is 4.41. The molecule has 0 fully saturated rings. The zero-order valence-corrected chi connectivity index (χ0v) is 13.6. The van der Waals surface area contributed by atoms with E-state index in [1.54, 1.807) is 6.92 Å². The van der Waals surface area contributed by atoms with Crippen molar-refractivity contribution in [2.45, 2.75) is 25.7 Å². The number of sulfonamides is 1. The first kappa shape index (κ1) is 16.6. The Morgan fingerprint density at radius 2 is 1.87 bits per heavy atom. The van der Waals surface area contributed by atoms with Crippen molar-refractivity contribution in [2.24, 2.45) is 0 Å². The summed E-state index contributed by atoms with van der Waals surface area (Å²) >= 11 is 0. The molecule has 12 heteroatoms. The Balaban J connectivity index is 2.18. The maximum atomic E-state index is 12.2. The summed E-state index contributed by atoms with van der Waals surface area (Å²) in [5.41, 5.74) is 0.139. The zero-order chi connectivity index (χ0) is 17.2. The molecular weight excluding hydrogens is 328 g/mol. The molecule has 2 aromatic heterocycles. The molecule has 0 saturated carbocycles. The third-order valence-corrected chi connectivity index (χ3v) is 4.17. The van der Waals surface area contributed by atoms with Crippen molar-refractivity contribution in [1.29, 1.82) is 0 Å². The Morgan fingerprint density at radius 1 is 1.17 bits per heavy atom. The van der Waals surface area contributed by atoms with Gasteiger partial charge in [-0.25, -0.2) is 17.9 Å². The number of aromatic nitrogens is 4. The smallest absolute Gasteiger partial charge is 0.335 e. The van der Waals surface area contributed by atoms with Crippen LogP contribution in [0.15, 0.2) is 9.42 Å². The molecular formula is C11H14N6O5S. The van der Waals surface area contributed by atoms with E-state index in [2.05, 4.69) is 25.4 Å². The van der Waals surface area contributed by atoms with Crippen molar-refractivity contribution in [1.82, 2.24) is 24.8 Å². The van der Waals surface area contributed by atoms with Crippen molar-refractivity contribution in [3.63, 3.8) is 0 Å². The first-order chi connectivity index (χ1) is 10.7. The number of carbonyl (C=O) groups is 1. The number of ether oxygens (including phenoxy) is 1. The van der Waals surface area contributed by atoms with Gasteiger partial charge in [-0.1, -0.05) is 5.16 Å². The predicted octanol–water partition coefficient (Wildman–Crippen LogP) is 0.304. The number of carbonyl (C=O) groups excluding carboxylic acids is 1. The van der Waals surface area contributed by atoms with Crippen LogP contribution in [0.3, 0.4) is 0 Å². The van der Waals surface area contributed by atoms with Gasteiger partial charge in [0.05, 0.1) is 7.11 Å². The molecule has 0 aliphatic carbocycles. The van der Waals surface area contributed by atoms with Gasteiger partial charge in [0.2, 0.25) is 5.95 Å². The minimum Gasteiger partial charge on any atom is -0.467 e. The number of methoxy groups -OCH3 is 1. The Kier molecular flexibility index (Phi) is 4.45. The number of nitrogens with zero attached hydrogens (tertiary/aromatic N) is 4. The van der Waals surface area contributed by atoms with Crippen LogP contribution in [0.25, 0.3) is 0 Å². The highest BCUT2D eigenvalue weighted by Gasteiger charge is 2.26. The number of amides is 2. The summed E-state index contributed by atoms with van der Waals surface area (Å²) in [6.07, 6.45) is 0. The number of nitrogens with one attached hydrogen (secondary N) is 2. The van der Waals surface area contributed by atoms with Crippen molar-refractivity contribution >= 4 is 22.0 Å². The van der Waals surface area contributed by atoms with Gasteiger partial charge in [0.25, 0.3) is 10.0 Å². The van der Waals surface area contributed by atoms with Gasteiger partial charge in [-0.3, -0.25) is 5.32 Å². The number of hydrogen-bond acceptors (Lipinski definition) is 9. The topological polar surface area (TPSA) is 149 Å². The van der Waals surface area contributed by atoms with Crippen LogP contribution in [0, 0.1) is 20.8 Å². The molecule has 0 bridgehead atoms. The van der Waals surface area contributed by atoms with Gasteiger partial charge in [-0.15, -0.1) is 0 Å². The Hall–Kier alpha value is -2.76. The lowest BCUT2D eigenvalue weighted by molar-refractivity contribution is 0.256. The van der Waals surface area contributed by atoms with Crippen LogP contribution >= 0.6 is 0 Å². The van der Waals surface area contributed by atoms with Crippen LogP contribution in [0.5, 0.6) is 6.01 Å². The normalized spacial score (nSPS) is 11.1. The SMILES string of the molecule is COc1nc(C)nc(NC(=O)NS(=O)(=O)c2c(C)noc2C)n1. The van der Waals surface area contributed by atoms with Crippen LogP contribution in [0.2, 0.25) is 0 Å². The first-order valence-electron chi connectivity index (χ1n) is 6.26. The molecule has 0 aliphatic heterocycles. The Labute approximate surface area is 131 Å². The predicted molar refractivity (Wildman–Crippen MR) is 76.4 cm³/mol. The lowest BCUT2D eigenvalue weighted by atomic mass is 10.4. The molecule has 2 rings (SSSR count). The molecule has 124 valence electrons. The lowest BCUT2D eigenvalue weighted by Crippen LogP contribution is -2.35. The zero-order valence-electron chi connectivity index (χ0n) is 12.7. The van der Waals surface area contributed by atoms with Gasteiger partial charge >= 0.3 is 12.0 Å². The van der Waals surface area contributed by atoms with Gasteiger partial charge in [-0.2, -0.15) is 15.0 Å². The van der Waals surface area contributed by atoms with E-state index in [-0.39, 0.29) is 28.3 Å². The van der Waals surface area contributed by atoms with Crippen molar-refractivity contribution in [2.75, 3.05) is 12.4 Å². The molecule has 11 nitrogen and oxygen atoms in total. The van der Waals surface area contributed by atoms with Gasteiger partial charge in [0, 0.05) is 0 Å². The van der Waals surface area contributed by atoms with Crippen LogP contribution in [-0.4, -0.2) is 41.7 Å². The van der Waals surface area contributed by atoms with E-state index in [0.29, 0.717) is 5.82 Å². The second-order valence-corrected chi connectivity index (χ2v) is 6.03. The van der Waals surface area contributed by atoms with Crippen LogP contribution in [-0.2, 0) is 10.0 Å². The van der Waals surface area contributed by atoms with Gasteiger partial charge < -0.3 is 9.26 Å². The Bertz CT molecular complexity index is 827. The van der Waals surface area contributed by atoms with Crippen LogP contribution < -0.4 is 14.8 Å². The van der Waals surface area contributed by atoms with Crippen molar-refractivity contribution in [3.8, 4) is 6.01 Å². The van der Waals surface area contributed by atoms with E-state index in [4.69, 9.17) is 9.26 Å². The average molecular weight is 342 g/mol. The molecule has 2 heterocycles. The highest BCUT2D eigenvalue weighted by molar-refractivity contribution is 7.90. The molecule has 2 amide bonds. The molecule has 0 aromatic carbocycles. The van der Waals surface area contributed by atoms with E-state index in [1.165, 1.54) is 21.0 Å². The molecule has 0 unspecified atom stereocenters. The standard InChI is InChI=1S/C11H14N6O5S/c1-5-8(6(2)22-16-5)23(19,20)17-10(18)14-9-12-7(3)13-11(15-9)21-4/h1-4H3,(H2,12,13,14,15,17,18). The average Bonchev–Trinajstić information content (AvgIpc) is 2.77. The van der Waals surface area contributed by atoms with Gasteiger partial charge in [0.1, 0.15) is 11.5 Å². The van der Waals surface area contributed by atoms with E-state index in [9.17, 15) is 13.2 Å². The summed E-state index contributed by atoms with van der Waals surface area (Å²) in [6, 6.07) is -1.06. The van der Waals surface area contributed by atoms with E-state index < -0.39 is 16.1 Å². The lowest BCUT2D eigenvalue weighted by Gasteiger charge is -2.08. The molecule has 23 heavy (non-hydrogen) atoms. The molecule has 0 radical (unpaired) electrons. The highest BCUT2D eigenvalue weighted by Crippen LogP contribution is 2.18. The molecule has 0 aliphatic rings. The molecule has 2 N–H and O–H groups in total. The molecule has 0 atom stereocenters. The third kappa shape index (κ3) is 3.71. The summed E-state index contributed by atoms with van der Waals surface area (Å²) in [4.78, 5) is 23.1. The summed E-state index contributed by atoms with van der Waals surface area (Å²) < 4.78 is 35.8. The molecule has 0 saturated heterocycles. The largest absolute Gasteiger partial charge is 0.467 e. The number of aryl methyl sites for hydroxylation is 3. The molecule has 0 spiro atoms. The summed E-state index contributed by atoms with van der Waals surface area (Å²) in [6.45, 7) is 4.43. The minimum atomic E-state index is -4.14. The first-order valence-corrected chi connectivity index (χ1v) is 7.74. The highest BCUT2D eigenvalue weighted by atomic mass is 32.2. The van der Waals surface area contributed by atoms with Crippen molar-refractivity contribution in [3.05, 3.63) is 17.3 Å². The van der Waals surface area contributed by atoms with Gasteiger partial charge in [-0.05, 0) is 20.8 Å². The Morgan fingerprint density at radius 3 is 2.43 bits per heavy atom. The quantitative estimate of drug-likeness (QED) is 0.799.